The Hall–Kier alpha value is -1.47. The molecule has 1 fully saturated rings. The lowest BCUT2D eigenvalue weighted by Crippen LogP contribution is -2.70. The van der Waals surface area contributed by atoms with E-state index in [1.807, 2.05) is 23.1 Å². The Morgan fingerprint density at radius 1 is 1.15 bits per heavy atom. The van der Waals surface area contributed by atoms with Crippen LogP contribution < -0.4 is 17.2 Å². The van der Waals surface area contributed by atoms with Gasteiger partial charge in [0.1, 0.15) is 0 Å². The smallest absolute Gasteiger partial charge is 0.253 e. The van der Waals surface area contributed by atoms with E-state index in [2.05, 4.69) is 17.0 Å². The maximum atomic E-state index is 11.5. The lowest BCUT2D eigenvalue weighted by atomic mass is 10.1. The molecule has 1 atom stereocenters. The largest absolute Gasteiger partial charge is 0.367 e. The van der Waals surface area contributed by atoms with Crippen LogP contribution in [-0.2, 0) is 11.3 Å². The summed E-state index contributed by atoms with van der Waals surface area (Å²) in [7, 11) is 0. The van der Waals surface area contributed by atoms with Gasteiger partial charge in [-0.3, -0.25) is 14.6 Å². The second-order valence-electron chi connectivity index (χ2n) is 5.24. The number of rotatable bonds is 5. The average molecular weight is 277 g/mol. The van der Waals surface area contributed by atoms with E-state index in [0.717, 1.165) is 19.6 Å². The maximum absolute atomic E-state index is 11.5. The second-order valence-corrected chi connectivity index (χ2v) is 5.24. The van der Waals surface area contributed by atoms with Crippen molar-refractivity contribution >= 4 is 5.91 Å². The topological polar surface area (TPSA) is 102 Å². The molecule has 0 aliphatic carbocycles. The Kier molecular flexibility index (Phi) is 4.72. The molecule has 6 nitrogen and oxygen atoms in total. The molecular formula is C14H23N5O. The summed E-state index contributed by atoms with van der Waals surface area (Å²) >= 11 is 0. The highest BCUT2D eigenvalue weighted by atomic mass is 16.2. The Balaban J connectivity index is 1.91. The average Bonchev–Trinajstić information content (AvgIpc) is 2.48. The molecule has 1 aromatic rings. The standard InChI is InChI=1S/C14H23N5O/c15-11-14(17,13(16)20)19-8-6-18(7-9-19)10-12-4-2-1-3-5-12/h1-5H,6-11,15,17H2,(H2,16,20). The maximum Gasteiger partial charge on any atom is 0.253 e. The molecule has 2 rings (SSSR count). The van der Waals surface area contributed by atoms with Gasteiger partial charge < -0.3 is 17.2 Å². The fourth-order valence-corrected chi connectivity index (χ4v) is 2.53. The Morgan fingerprint density at radius 3 is 2.25 bits per heavy atom. The van der Waals surface area contributed by atoms with Crippen molar-refractivity contribution in [1.29, 1.82) is 0 Å². The SMILES string of the molecule is NCC(N)(C(N)=O)N1CCN(Cc2ccccc2)CC1. The third-order valence-electron chi connectivity index (χ3n) is 3.92. The third-order valence-corrected chi connectivity index (χ3v) is 3.92. The van der Waals surface area contributed by atoms with Crippen molar-refractivity contribution in [2.75, 3.05) is 32.7 Å². The molecule has 110 valence electrons. The van der Waals surface area contributed by atoms with E-state index in [1.54, 1.807) is 0 Å². The van der Waals surface area contributed by atoms with Gasteiger partial charge in [0.2, 0.25) is 0 Å². The molecule has 0 aromatic heterocycles. The lowest BCUT2D eigenvalue weighted by molar-refractivity contribution is -0.131. The molecule has 1 heterocycles. The van der Waals surface area contributed by atoms with Crippen molar-refractivity contribution in [2.24, 2.45) is 17.2 Å². The third kappa shape index (κ3) is 3.16. The number of nitrogens with two attached hydrogens (primary N) is 3. The van der Waals surface area contributed by atoms with Crippen LogP contribution in [0.4, 0.5) is 0 Å². The van der Waals surface area contributed by atoms with Crippen molar-refractivity contribution in [3.05, 3.63) is 35.9 Å². The molecule has 20 heavy (non-hydrogen) atoms. The lowest BCUT2D eigenvalue weighted by Gasteiger charge is -2.43. The van der Waals surface area contributed by atoms with E-state index in [9.17, 15) is 4.79 Å². The van der Waals surface area contributed by atoms with E-state index in [4.69, 9.17) is 17.2 Å². The first kappa shape index (κ1) is 14.9. The van der Waals surface area contributed by atoms with Gasteiger partial charge in [-0.25, -0.2) is 0 Å². The van der Waals surface area contributed by atoms with Crippen LogP contribution in [0.1, 0.15) is 5.56 Å². The van der Waals surface area contributed by atoms with E-state index >= 15 is 0 Å². The van der Waals surface area contributed by atoms with Gasteiger partial charge in [-0.1, -0.05) is 30.3 Å². The van der Waals surface area contributed by atoms with E-state index in [0.29, 0.717) is 13.1 Å². The summed E-state index contributed by atoms with van der Waals surface area (Å²) in [6, 6.07) is 10.3. The molecule has 6 N–H and O–H groups in total. The van der Waals surface area contributed by atoms with Gasteiger partial charge >= 0.3 is 0 Å². The van der Waals surface area contributed by atoms with Crippen molar-refractivity contribution in [3.8, 4) is 0 Å². The number of primary amides is 1. The zero-order chi connectivity index (χ0) is 14.6. The van der Waals surface area contributed by atoms with E-state index in [-0.39, 0.29) is 6.54 Å². The zero-order valence-electron chi connectivity index (χ0n) is 11.7. The molecule has 0 bridgehead atoms. The molecular weight excluding hydrogens is 254 g/mol. The van der Waals surface area contributed by atoms with Crippen molar-refractivity contribution in [3.63, 3.8) is 0 Å². The van der Waals surface area contributed by atoms with Crippen LogP contribution in [0, 0.1) is 0 Å². The number of hydrogen-bond donors (Lipinski definition) is 3. The van der Waals surface area contributed by atoms with Crippen molar-refractivity contribution in [2.45, 2.75) is 12.2 Å². The Morgan fingerprint density at radius 2 is 1.75 bits per heavy atom. The number of amides is 1. The predicted molar refractivity (Wildman–Crippen MR) is 78.5 cm³/mol. The minimum Gasteiger partial charge on any atom is -0.367 e. The molecule has 1 amide bonds. The highest BCUT2D eigenvalue weighted by molar-refractivity contribution is 5.84. The van der Waals surface area contributed by atoms with Crippen molar-refractivity contribution in [1.82, 2.24) is 9.80 Å². The van der Waals surface area contributed by atoms with Crippen LogP contribution in [0.5, 0.6) is 0 Å². The van der Waals surface area contributed by atoms with Gasteiger partial charge in [-0.05, 0) is 5.56 Å². The number of carbonyl (C=O) groups is 1. The van der Waals surface area contributed by atoms with E-state index < -0.39 is 11.6 Å². The van der Waals surface area contributed by atoms with Gasteiger partial charge in [-0.2, -0.15) is 0 Å². The first-order valence-corrected chi connectivity index (χ1v) is 6.86. The van der Waals surface area contributed by atoms with Crippen LogP contribution in [0.25, 0.3) is 0 Å². The second kappa shape index (κ2) is 6.32. The Labute approximate surface area is 119 Å². The van der Waals surface area contributed by atoms with Crippen LogP contribution >= 0.6 is 0 Å². The number of hydrogen-bond acceptors (Lipinski definition) is 5. The highest BCUT2D eigenvalue weighted by Gasteiger charge is 2.38. The summed E-state index contributed by atoms with van der Waals surface area (Å²) in [6.45, 7) is 4.04. The van der Waals surface area contributed by atoms with Crippen LogP contribution in [0.2, 0.25) is 0 Å². The highest BCUT2D eigenvalue weighted by Crippen LogP contribution is 2.13. The fraction of sp³-hybridized carbons (Fsp3) is 0.500. The number of nitrogens with zero attached hydrogens (tertiary/aromatic N) is 2. The summed E-state index contributed by atoms with van der Waals surface area (Å²) in [4.78, 5) is 15.7. The normalized spacial score (nSPS) is 20.5. The minimum atomic E-state index is -1.22. The summed E-state index contributed by atoms with van der Waals surface area (Å²) < 4.78 is 0. The molecule has 1 unspecified atom stereocenters. The first-order valence-electron chi connectivity index (χ1n) is 6.86. The first-order chi connectivity index (χ1) is 9.56. The zero-order valence-corrected chi connectivity index (χ0v) is 11.7. The van der Waals surface area contributed by atoms with Gasteiger partial charge in [0.25, 0.3) is 5.91 Å². The summed E-state index contributed by atoms with van der Waals surface area (Å²) in [6.07, 6.45) is 0. The van der Waals surface area contributed by atoms with Crippen molar-refractivity contribution < 1.29 is 4.79 Å². The predicted octanol–water partition coefficient (Wildman–Crippen LogP) is -1.10. The number of benzene rings is 1. The number of carbonyl (C=O) groups excluding carboxylic acids is 1. The molecule has 1 aliphatic rings. The van der Waals surface area contributed by atoms with Gasteiger partial charge in [0, 0.05) is 39.3 Å². The fourth-order valence-electron chi connectivity index (χ4n) is 2.53. The Bertz CT molecular complexity index is 444. The van der Waals surface area contributed by atoms with Gasteiger partial charge in [-0.15, -0.1) is 0 Å². The summed E-state index contributed by atoms with van der Waals surface area (Å²) in [5.41, 5.74) is 17.1. The molecule has 1 saturated heterocycles. The van der Waals surface area contributed by atoms with E-state index in [1.165, 1.54) is 5.56 Å². The van der Waals surface area contributed by atoms with Crippen LogP contribution in [0.3, 0.4) is 0 Å². The molecule has 0 saturated carbocycles. The van der Waals surface area contributed by atoms with Gasteiger partial charge in [0.15, 0.2) is 5.66 Å². The monoisotopic (exact) mass is 277 g/mol. The molecule has 1 aromatic carbocycles. The van der Waals surface area contributed by atoms with Crippen LogP contribution in [0.15, 0.2) is 30.3 Å². The number of piperazine rings is 1. The van der Waals surface area contributed by atoms with Gasteiger partial charge in [0.05, 0.1) is 0 Å². The summed E-state index contributed by atoms with van der Waals surface area (Å²) in [5.74, 6) is -0.559. The minimum absolute atomic E-state index is 0.0427. The summed E-state index contributed by atoms with van der Waals surface area (Å²) in [5, 5.41) is 0. The molecule has 0 radical (unpaired) electrons. The quantitative estimate of drug-likeness (QED) is 0.634. The molecule has 6 heteroatoms. The van der Waals surface area contributed by atoms with Crippen LogP contribution in [-0.4, -0.2) is 54.1 Å². The molecule has 0 spiro atoms. The molecule has 1 aliphatic heterocycles.